The van der Waals surface area contributed by atoms with Crippen molar-refractivity contribution in [1.29, 1.82) is 5.26 Å². The van der Waals surface area contributed by atoms with Crippen LogP contribution in [0.5, 0.6) is 5.75 Å². The Bertz CT molecular complexity index is 1450. The van der Waals surface area contributed by atoms with Crippen molar-refractivity contribution in [2.75, 3.05) is 5.32 Å². The summed E-state index contributed by atoms with van der Waals surface area (Å²) in [5.74, 6) is 0.199. The SMILES string of the molecule is N#Cc1ccc(C(Nc2nc3ccc(Cl)cc3s2)c2c(O)ccc3ccccc23)cc1. The Kier molecular flexibility index (Phi) is 4.95. The van der Waals surface area contributed by atoms with Gasteiger partial charge < -0.3 is 10.4 Å². The number of nitriles is 1. The number of aromatic hydroxyl groups is 1. The summed E-state index contributed by atoms with van der Waals surface area (Å²) in [6.07, 6.45) is 0. The third-order valence-corrected chi connectivity index (χ3v) is 6.41. The minimum absolute atomic E-state index is 0.199. The van der Waals surface area contributed by atoms with E-state index in [-0.39, 0.29) is 11.8 Å². The van der Waals surface area contributed by atoms with Crippen LogP contribution in [0.3, 0.4) is 0 Å². The number of phenolic OH excluding ortho intramolecular Hbond substituents is 1. The molecule has 2 N–H and O–H groups in total. The van der Waals surface area contributed by atoms with Crippen LogP contribution in [-0.4, -0.2) is 10.1 Å². The van der Waals surface area contributed by atoms with E-state index < -0.39 is 0 Å². The van der Waals surface area contributed by atoms with Gasteiger partial charge in [-0.25, -0.2) is 4.98 Å². The first-order chi connectivity index (χ1) is 15.1. The highest BCUT2D eigenvalue weighted by molar-refractivity contribution is 7.22. The number of nitrogens with zero attached hydrogens (tertiary/aromatic N) is 2. The monoisotopic (exact) mass is 441 g/mol. The quantitative estimate of drug-likeness (QED) is 0.319. The van der Waals surface area contributed by atoms with Gasteiger partial charge in [-0.2, -0.15) is 5.26 Å². The number of fused-ring (bicyclic) bond motifs is 2. The molecular formula is C25H16ClN3OS. The van der Waals surface area contributed by atoms with E-state index in [4.69, 9.17) is 16.6 Å². The zero-order chi connectivity index (χ0) is 21.4. The van der Waals surface area contributed by atoms with E-state index in [1.165, 1.54) is 11.3 Å². The fourth-order valence-electron chi connectivity index (χ4n) is 3.74. The number of halogens is 1. The van der Waals surface area contributed by atoms with Crippen molar-refractivity contribution in [1.82, 2.24) is 4.98 Å². The van der Waals surface area contributed by atoms with Gasteiger partial charge in [-0.3, -0.25) is 0 Å². The molecule has 0 radical (unpaired) electrons. The first kappa shape index (κ1) is 19.4. The van der Waals surface area contributed by atoms with Gasteiger partial charge in [0.2, 0.25) is 0 Å². The van der Waals surface area contributed by atoms with Crippen molar-refractivity contribution >= 4 is 49.1 Å². The highest BCUT2D eigenvalue weighted by Crippen LogP contribution is 2.39. The lowest BCUT2D eigenvalue weighted by Crippen LogP contribution is -2.13. The zero-order valence-electron chi connectivity index (χ0n) is 16.2. The van der Waals surface area contributed by atoms with Gasteiger partial charge in [-0.15, -0.1) is 0 Å². The molecule has 31 heavy (non-hydrogen) atoms. The van der Waals surface area contributed by atoms with Crippen LogP contribution in [0.25, 0.3) is 21.0 Å². The summed E-state index contributed by atoms with van der Waals surface area (Å²) in [4.78, 5) is 4.70. The molecule has 1 atom stereocenters. The Morgan fingerprint density at radius 2 is 1.81 bits per heavy atom. The molecule has 0 saturated carbocycles. The van der Waals surface area contributed by atoms with Crippen LogP contribution >= 0.6 is 22.9 Å². The van der Waals surface area contributed by atoms with Crippen LogP contribution in [0.4, 0.5) is 5.13 Å². The number of aromatic nitrogens is 1. The molecule has 0 spiro atoms. The van der Waals surface area contributed by atoms with Gasteiger partial charge in [0.1, 0.15) is 5.75 Å². The maximum Gasteiger partial charge on any atom is 0.184 e. The van der Waals surface area contributed by atoms with E-state index in [0.717, 1.165) is 37.2 Å². The van der Waals surface area contributed by atoms with Crippen LogP contribution in [0.2, 0.25) is 5.02 Å². The molecule has 0 fully saturated rings. The average Bonchev–Trinajstić information content (AvgIpc) is 3.19. The summed E-state index contributed by atoms with van der Waals surface area (Å²) < 4.78 is 0.982. The summed E-state index contributed by atoms with van der Waals surface area (Å²) in [5, 5.41) is 26.9. The second-order valence-electron chi connectivity index (χ2n) is 7.16. The molecule has 150 valence electrons. The molecule has 0 aliphatic rings. The lowest BCUT2D eigenvalue weighted by molar-refractivity contribution is 0.468. The second-order valence-corrected chi connectivity index (χ2v) is 8.63. The molecular weight excluding hydrogens is 426 g/mol. The number of hydrogen-bond acceptors (Lipinski definition) is 5. The number of phenols is 1. The highest BCUT2D eigenvalue weighted by atomic mass is 35.5. The van der Waals surface area contributed by atoms with Crippen molar-refractivity contribution in [2.24, 2.45) is 0 Å². The summed E-state index contributed by atoms with van der Waals surface area (Å²) in [7, 11) is 0. The van der Waals surface area contributed by atoms with Crippen molar-refractivity contribution in [3.8, 4) is 11.8 Å². The van der Waals surface area contributed by atoms with Gasteiger partial charge in [-0.05, 0) is 52.7 Å². The molecule has 4 aromatic carbocycles. The molecule has 0 aliphatic heterocycles. The molecule has 1 unspecified atom stereocenters. The van der Waals surface area contributed by atoms with Crippen molar-refractivity contribution in [3.05, 3.63) is 101 Å². The van der Waals surface area contributed by atoms with Crippen molar-refractivity contribution < 1.29 is 5.11 Å². The molecule has 4 nitrogen and oxygen atoms in total. The van der Waals surface area contributed by atoms with Crippen LogP contribution in [0.15, 0.2) is 78.9 Å². The second kappa shape index (κ2) is 7.92. The maximum atomic E-state index is 10.9. The number of rotatable bonds is 4. The predicted octanol–water partition coefficient (Wildman–Crippen LogP) is 6.88. The Balaban J connectivity index is 1.68. The molecule has 0 saturated heterocycles. The maximum absolute atomic E-state index is 10.9. The largest absolute Gasteiger partial charge is 0.508 e. The first-order valence-corrected chi connectivity index (χ1v) is 10.8. The molecule has 0 aliphatic carbocycles. The van der Waals surface area contributed by atoms with Crippen LogP contribution in [-0.2, 0) is 0 Å². The summed E-state index contributed by atoms with van der Waals surface area (Å²) >= 11 is 7.65. The molecule has 5 rings (SSSR count). The van der Waals surface area contributed by atoms with E-state index in [9.17, 15) is 10.4 Å². The Morgan fingerprint density at radius 1 is 1.00 bits per heavy atom. The van der Waals surface area contributed by atoms with Crippen LogP contribution in [0, 0.1) is 11.3 Å². The standard InChI is InChI=1S/C25H16ClN3OS/c26-18-10-11-20-22(13-18)31-25(28-20)29-24(17-7-5-15(14-27)6-8-17)23-19-4-2-1-3-16(19)9-12-21(23)30/h1-13,24,30H,(H,28,29). The topological polar surface area (TPSA) is 68.9 Å². The number of thiazole rings is 1. The smallest absolute Gasteiger partial charge is 0.184 e. The van der Waals surface area contributed by atoms with Crippen LogP contribution in [0.1, 0.15) is 22.7 Å². The predicted molar refractivity (Wildman–Crippen MR) is 127 cm³/mol. The van der Waals surface area contributed by atoms with Gasteiger partial charge in [-0.1, -0.05) is 65.4 Å². The van der Waals surface area contributed by atoms with E-state index in [1.807, 2.05) is 60.7 Å². The van der Waals surface area contributed by atoms with Crippen molar-refractivity contribution in [3.63, 3.8) is 0 Å². The normalized spacial score (nSPS) is 12.0. The minimum Gasteiger partial charge on any atom is -0.508 e. The van der Waals surface area contributed by atoms with E-state index >= 15 is 0 Å². The third kappa shape index (κ3) is 3.68. The minimum atomic E-state index is -0.366. The lowest BCUT2D eigenvalue weighted by Gasteiger charge is -2.22. The fourth-order valence-corrected chi connectivity index (χ4v) is 4.91. The van der Waals surface area contributed by atoms with Crippen molar-refractivity contribution in [2.45, 2.75) is 6.04 Å². The Labute approximate surface area is 188 Å². The lowest BCUT2D eigenvalue weighted by atomic mass is 9.92. The summed E-state index contributed by atoms with van der Waals surface area (Å²) in [6, 6.07) is 26.4. The molecule has 1 aromatic heterocycles. The third-order valence-electron chi connectivity index (χ3n) is 5.23. The van der Waals surface area contributed by atoms with Gasteiger partial charge in [0.25, 0.3) is 0 Å². The molecule has 0 amide bonds. The van der Waals surface area contributed by atoms with Crippen LogP contribution < -0.4 is 5.32 Å². The van der Waals surface area contributed by atoms with Gasteiger partial charge in [0.05, 0.1) is 27.9 Å². The fraction of sp³-hybridized carbons (Fsp3) is 0.0400. The average molecular weight is 442 g/mol. The molecule has 5 aromatic rings. The van der Waals surface area contributed by atoms with Gasteiger partial charge in [0.15, 0.2) is 5.13 Å². The van der Waals surface area contributed by atoms with Gasteiger partial charge in [0, 0.05) is 10.6 Å². The number of benzene rings is 4. The van der Waals surface area contributed by atoms with E-state index in [1.54, 1.807) is 18.2 Å². The number of anilines is 1. The number of nitrogens with one attached hydrogen (secondary N) is 1. The zero-order valence-corrected chi connectivity index (χ0v) is 17.8. The van der Waals surface area contributed by atoms with E-state index in [2.05, 4.69) is 11.4 Å². The molecule has 6 heteroatoms. The number of hydrogen-bond donors (Lipinski definition) is 2. The summed E-state index contributed by atoms with van der Waals surface area (Å²) in [6.45, 7) is 0. The Morgan fingerprint density at radius 3 is 2.61 bits per heavy atom. The highest BCUT2D eigenvalue weighted by Gasteiger charge is 2.22. The molecule has 1 heterocycles. The Hall–Kier alpha value is -3.59. The van der Waals surface area contributed by atoms with E-state index in [0.29, 0.717) is 10.6 Å². The molecule has 0 bridgehead atoms. The first-order valence-electron chi connectivity index (χ1n) is 9.66. The summed E-state index contributed by atoms with van der Waals surface area (Å²) in [5.41, 5.74) is 3.12. The van der Waals surface area contributed by atoms with Gasteiger partial charge >= 0.3 is 0 Å².